The second-order valence-electron chi connectivity index (χ2n) is 15.9. The van der Waals surface area contributed by atoms with E-state index in [1.807, 2.05) is 0 Å². The van der Waals surface area contributed by atoms with Gasteiger partial charge in [0.25, 0.3) is 5.69 Å². The maximum absolute atomic E-state index is 11.9. The molecular weight excluding hydrogens is 704 g/mol. The van der Waals surface area contributed by atoms with Crippen molar-refractivity contribution in [2.24, 2.45) is 0 Å². The lowest BCUT2D eigenvalue weighted by Crippen LogP contribution is -2.02. The molecule has 0 saturated carbocycles. The van der Waals surface area contributed by atoms with Gasteiger partial charge < -0.3 is 9.42 Å². The highest BCUT2D eigenvalue weighted by molar-refractivity contribution is 8.67. The zero-order chi connectivity index (χ0) is 38.2. The zero-order valence-corrected chi connectivity index (χ0v) is 37.7. The van der Waals surface area contributed by atoms with E-state index in [2.05, 4.69) is 64.1 Å². The quantitative estimate of drug-likeness (QED) is 0.0550. The summed E-state index contributed by atoms with van der Waals surface area (Å²) >= 11 is 7.48. The molecular formula is C48H83O2PS2. The molecule has 2 nitrogen and oxygen atoms in total. The van der Waals surface area contributed by atoms with Crippen LogP contribution in [0.5, 0.6) is 5.75 Å². The third-order valence-electron chi connectivity index (χ3n) is 11.0. The molecule has 2 aromatic rings. The molecule has 1 unspecified atom stereocenters. The maximum Gasteiger partial charge on any atom is 0.299 e. The molecule has 5 heteroatoms. The van der Waals surface area contributed by atoms with Crippen LogP contribution in [-0.4, -0.2) is 4.89 Å². The van der Waals surface area contributed by atoms with Crippen molar-refractivity contribution >= 4 is 28.9 Å². The van der Waals surface area contributed by atoms with Gasteiger partial charge in [0.2, 0.25) is 0 Å². The molecule has 304 valence electrons. The van der Waals surface area contributed by atoms with E-state index < -0.39 is 5.69 Å². The van der Waals surface area contributed by atoms with E-state index in [9.17, 15) is 4.89 Å². The van der Waals surface area contributed by atoms with Crippen molar-refractivity contribution in [1.82, 2.24) is 0 Å². The summed E-state index contributed by atoms with van der Waals surface area (Å²) in [7, 11) is 0. The van der Waals surface area contributed by atoms with Gasteiger partial charge >= 0.3 is 0 Å². The van der Waals surface area contributed by atoms with Crippen molar-refractivity contribution in [2.75, 3.05) is 0 Å². The molecule has 0 spiro atoms. The number of benzene rings is 2. The van der Waals surface area contributed by atoms with E-state index in [4.69, 9.17) is 16.3 Å². The molecule has 1 N–H and O–H groups in total. The Bertz CT molecular complexity index is 1120. The Morgan fingerprint density at radius 3 is 1.23 bits per heavy atom. The van der Waals surface area contributed by atoms with E-state index in [1.165, 1.54) is 213 Å². The Morgan fingerprint density at radius 1 is 0.453 bits per heavy atom. The number of unbranched alkanes of at least 4 members (excludes halogenated alkanes) is 24. The van der Waals surface area contributed by atoms with Gasteiger partial charge in [0.15, 0.2) is 0 Å². The minimum atomic E-state index is -3.19. The van der Waals surface area contributed by atoms with E-state index in [-0.39, 0.29) is 0 Å². The van der Waals surface area contributed by atoms with E-state index in [0.717, 1.165) is 36.3 Å². The first kappa shape index (κ1) is 48.3. The molecule has 0 aromatic heterocycles. The lowest BCUT2D eigenvalue weighted by molar-refractivity contribution is 0.497. The minimum absolute atomic E-state index is 0.836. The third kappa shape index (κ3) is 23.1. The van der Waals surface area contributed by atoms with Gasteiger partial charge in [0.1, 0.15) is 5.75 Å². The average molecular weight is 787 g/mol. The molecule has 0 bridgehead atoms. The SMILES string of the molecule is CCCCCCCCCc1cccc(OP(O)(=S)Sc2cccc(CCCCCCCCC)c2CCCCCCCCC)c1CCCCCCCCC. The van der Waals surface area contributed by atoms with Crippen molar-refractivity contribution in [3.05, 3.63) is 58.7 Å². The van der Waals surface area contributed by atoms with Crippen LogP contribution in [-0.2, 0) is 37.5 Å². The molecule has 0 saturated heterocycles. The number of hydrogen-bond acceptors (Lipinski definition) is 3. The van der Waals surface area contributed by atoms with Crippen LogP contribution < -0.4 is 4.52 Å². The molecule has 2 rings (SSSR count). The van der Waals surface area contributed by atoms with Gasteiger partial charge in [0, 0.05) is 4.90 Å². The molecule has 53 heavy (non-hydrogen) atoms. The molecule has 0 aliphatic carbocycles. The number of rotatable bonds is 36. The van der Waals surface area contributed by atoms with Gasteiger partial charge in [-0.25, -0.2) is 0 Å². The Morgan fingerprint density at radius 2 is 0.792 bits per heavy atom. The summed E-state index contributed by atoms with van der Waals surface area (Å²) in [5.41, 5.74) is 2.39. The van der Waals surface area contributed by atoms with Crippen LogP contribution in [0.25, 0.3) is 0 Å². The summed E-state index contributed by atoms with van der Waals surface area (Å²) in [6, 6.07) is 13.3. The highest BCUT2D eigenvalue weighted by Gasteiger charge is 2.23. The molecule has 0 radical (unpaired) electrons. The van der Waals surface area contributed by atoms with Gasteiger partial charge in [-0.05, 0) is 109 Å². The molecule has 0 fully saturated rings. The molecule has 0 amide bonds. The van der Waals surface area contributed by atoms with Gasteiger partial charge in [-0.15, -0.1) is 0 Å². The van der Waals surface area contributed by atoms with Crippen LogP contribution in [0.15, 0.2) is 41.3 Å². The van der Waals surface area contributed by atoms with Crippen molar-refractivity contribution in [3.63, 3.8) is 0 Å². The predicted molar refractivity (Wildman–Crippen MR) is 243 cm³/mol. The summed E-state index contributed by atoms with van der Waals surface area (Å²) < 4.78 is 6.62. The molecule has 2 aromatic carbocycles. The first-order valence-corrected chi connectivity index (χ1v) is 27.0. The zero-order valence-electron chi connectivity index (χ0n) is 35.2. The monoisotopic (exact) mass is 787 g/mol. The number of hydrogen-bond donors (Lipinski definition) is 1. The van der Waals surface area contributed by atoms with Crippen LogP contribution in [0, 0.1) is 0 Å². The largest absolute Gasteiger partial charge is 0.436 e. The van der Waals surface area contributed by atoms with E-state index in [0.29, 0.717) is 0 Å². The van der Waals surface area contributed by atoms with Crippen molar-refractivity contribution in [3.8, 4) is 5.75 Å². The smallest absolute Gasteiger partial charge is 0.299 e. The molecule has 0 aliphatic rings. The van der Waals surface area contributed by atoms with E-state index in [1.54, 1.807) is 0 Å². The van der Waals surface area contributed by atoms with Gasteiger partial charge in [-0.1, -0.05) is 206 Å². The third-order valence-corrected chi connectivity index (χ3v) is 14.7. The minimum Gasteiger partial charge on any atom is -0.436 e. The highest BCUT2D eigenvalue weighted by atomic mass is 32.9. The van der Waals surface area contributed by atoms with Crippen molar-refractivity contribution in [2.45, 2.75) is 238 Å². The standard InChI is InChI=1S/C48H83O2PS2/c1-5-9-13-17-21-25-29-35-43-37-33-41-47(45(43)39-31-27-23-19-15-11-7-3)50-51(49,52)53-48-42-34-38-44(36-30-26-22-18-14-10-6-2)46(48)40-32-28-24-20-16-12-8-4/h33-34,37-38,41-42H,5-32,35-36,39-40H2,1-4H3,(H,49,52). The maximum atomic E-state index is 11.9. The topological polar surface area (TPSA) is 29.5 Å². The highest BCUT2D eigenvalue weighted by Crippen LogP contribution is 2.60. The van der Waals surface area contributed by atoms with Crippen LogP contribution in [0.3, 0.4) is 0 Å². The molecule has 0 heterocycles. The summed E-state index contributed by atoms with van der Waals surface area (Å²) in [5.74, 6) is 0.836. The lowest BCUT2D eigenvalue weighted by atomic mass is 9.95. The van der Waals surface area contributed by atoms with Gasteiger partial charge in [0.05, 0.1) is 0 Å². The van der Waals surface area contributed by atoms with Crippen LogP contribution >= 0.6 is 17.1 Å². The lowest BCUT2D eigenvalue weighted by Gasteiger charge is -2.22. The Kier molecular flexibility index (Phi) is 29.5. The van der Waals surface area contributed by atoms with Crippen molar-refractivity contribution in [1.29, 1.82) is 0 Å². The first-order chi connectivity index (χ1) is 26.0. The van der Waals surface area contributed by atoms with E-state index >= 15 is 0 Å². The van der Waals surface area contributed by atoms with Crippen molar-refractivity contribution < 1.29 is 9.42 Å². The summed E-state index contributed by atoms with van der Waals surface area (Å²) in [6.07, 6.45) is 41.0. The normalized spacial score (nSPS) is 12.7. The van der Waals surface area contributed by atoms with Gasteiger partial charge in [-0.3, -0.25) is 0 Å². The van der Waals surface area contributed by atoms with Crippen LogP contribution in [0.4, 0.5) is 0 Å². The van der Waals surface area contributed by atoms with Crippen LogP contribution in [0.1, 0.15) is 230 Å². The predicted octanol–water partition coefficient (Wildman–Crippen LogP) is 17.2. The first-order valence-electron chi connectivity index (χ1n) is 22.9. The fourth-order valence-electron chi connectivity index (χ4n) is 7.76. The second-order valence-corrected chi connectivity index (χ2v) is 21.9. The Hall–Kier alpha value is -0.800. The average Bonchev–Trinajstić information content (AvgIpc) is 3.14. The van der Waals surface area contributed by atoms with Crippen LogP contribution in [0.2, 0.25) is 0 Å². The second kappa shape index (κ2) is 32.3. The summed E-state index contributed by atoms with van der Waals surface area (Å²) in [4.78, 5) is 13.1. The molecule has 1 atom stereocenters. The fraction of sp³-hybridized carbons (Fsp3) is 0.750. The molecule has 0 aliphatic heterocycles. The summed E-state index contributed by atoms with van der Waals surface area (Å²) in [5, 5.41) is 0. The van der Waals surface area contributed by atoms with Gasteiger partial charge in [-0.2, -0.15) is 0 Å². The Labute approximate surface area is 339 Å². The number of aryl methyl sites for hydroxylation is 2. The summed E-state index contributed by atoms with van der Waals surface area (Å²) in [6.45, 7) is 9.16. The fourth-order valence-corrected chi connectivity index (χ4v) is 11.5. The Balaban J connectivity index is 2.19.